The molecule has 0 radical (unpaired) electrons. The van der Waals surface area contributed by atoms with Crippen LogP contribution in [0.1, 0.15) is 62.9 Å². The van der Waals surface area contributed by atoms with Gasteiger partial charge in [-0.15, -0.1) is 0 Å². The molecule has 3 nitrogen and oxygen atoms in total. The third-order valence-electron chi connectivity index (χ3n) is 4.08. The van der Waals surface area contributed by atoms with Crippen molar-refractivity contribution in [1.82, 2.24) is 9.55 Å². The molecule has 1 fully saturated rings. The first kappa shape index (κ1) is 12.2. The molecule has 0 aliphatic heterocycles. The third-order valence-corrected chi connectivity index (χ3v) is 4.08. The zero-order valence-electron chi connectivity index (χ0n) is 11.6. The minimum atomic E-state index is 0.411. The van der Waals surface area contributed by atoms with E-state index >= 15 is 0 Å². The summed E-state index contributed by atoms with van der Waals surface area (Å²) in [4.78, 5) is 4.84. The molecule has 1 aromatic heterocycles. The molecule has 2 aromatic rings. The van der Waals surface area contributed by atoms with E-state index in [1.54, 1.807) is 0 Å². The SMILES string of the molecule is CC(C)n1c(C2CCCC2)nc2cc(C#N)ccc21. The second-order valence-corrected chi connectivity index (χ2v) is 5.73. The van der Waals surface area contributed by atoms with E-state index in [0.717, 1.165) is 11.0 Å². The number of imidazole rings is 1. The van der Waals surface area contributed by atoms with Gasteiger partial charge in [0.25, 0.3) is 0 Å². The molecular formula is C16H19N3. The van der Waals surface area contributed by atoms with Crippen LogP contribution >= 0.6 is 0 Å². The van der Waals surface area contributed by atoms with Crippen LogP contribution in [0.25, 0.3) is 11.0 Å². The topological polar surface area (TPSA) is 41.6 Å². The highest BCUT2D eigenvalue weighted by Gasteiger charge is 2.24. The summed E-state index contributed by atoms with van der Waals surface area (Å²) in [5.41, 5.74) is 2.82. The second kappa shape index (κ2) is 4.70. The van der Waals surface area contributed by atoms with Gasteiger partial charge in [0.2, 0.25) is 0 Å². The number of hydrogen-bond acceptors (Lipinski definition) is 2. The van der Waals surface area contributed by atoms with Gasteiger partial charge in [-0.1, -0.05) is 12.8 Å². The van der Waals surface area contributed by atoms with Crippen LogP contribution in [0.15, 0.2) is 18.2 Å². The van der Waals surface area contributed by atoms with Crippen LogP contribution < -0.4 is 0 Å². The minimum absolute atomic E-state index is 0.411. The number of nitrogens with zero attached hydrogens (tertiary/aromatic N) is 3. The molecule has 1 aliphatic carbocycles. The zero-order valence-corrected chi connectivity index (χ0v) is 11.6. The Labute approximate surface area is 113 Å². The van der Waals surface area contributed by atoms with E-state index in [1.807, 2.05) is 18.2 Å². The standard InChI is InChI=1S/C16H19N3/c1-11(2)19-15-8-7-12(10-17)9-14(15)18-16(19)13-5-3-4-6-13/h7-9,11,13H,3-6H2,1-2H3. The van der Waals surface area contributed by atoms with Gasteiger partial charge >= 0.3 is 0 Å². The normalized spacial score (nSPS) is 16.3. The first-order valence-electron chi connectivity index (χ1n) is 7.12. The third kappa shape index (κ3) is 2.02. The van der Waals surface area contributed by atoms with E-state index in [2.05, 4.69) is 24.5 Å². The average molecular weight is 253 g/mol. The Kier molecular flexibility index (Phi) is 3.02. The summed E-state index contributed by atoms with van der Waals surface area (Å²) >= 11 is 0. The molecule has 19 heavy (non-hydrogen) atoms. The first-order valence-corrected chi connectivity index (χ1v) is 7.12. The fraction of sp³-hybridized carbons (Fsp3) is 0.500. The lowest BCUT2D eigenvalue weighted by Gasteiger charge is -2.16. The Morgan fingerprint density at radius 3 is 2.68 bits per heavy atom. The van der Waals surface area contributed by atoms with Crippen LogP contribution in [0, 0.1) is 11.3 Å². The van der Waals surface area contributed by atoms with Crippen molar-refractivity contribution in [2.24, 2.45) is 0 Å². The fourth-order valence-corrected chi connectivity index (χ4v) is 3.20. The molecular weight excluding hydrogens is 234 g/mol. The van der Waals surface area contributed by atoms with Crippen LogP contribution in [0.2, 0.25) is 0 Å². The number of rotatable bonds is 2. The van der Waals surface area contributed by atoms with Gasteiger partial charge in [-0.3, -0.25) is 0 Å². The van der Waals surface area contributed by atoms with Crippen LogP contribution in [-0.4, -0.2) is 9.55 Å². The smallest absolute Gasteiger partial charge is 0.113 e. The van der Waals surface area contributed by atoms with Crippen molar-refractivity contribution in [3.05, 3.63) is 29.6 Å². The van der Waals surface area contributed by atoms with Crippen molar-refractivity contribution in [1.29, 1.82) is 5.26 Å². The summed E-state index contributed by atoms with van der Waals surface area (Å²) in [6.07, 6.45) is 5.13. The molecule has 98 valence electrons. The lowest BCUT2D eigenvalue weighted by molar-refractivity contribution is 0.540. The summed E-state index contributed by atoms with van der Waals surface area (Å²) in [5.74, 6) is 1.82. The molecule has 0 atom stereocenters. The van der Waals surface area contributed by atoms with Crippen molar-refractivity contribution in [2.75, 3.05) is 0 Å². The summed E-state index contributed by atoms with van der Waals surface area (Å²) < 4.78 is 2.35. The summed E-state index contributed by atoms with van der Waals surface area (Å²) in [6.45, 7) is 4.41. The van der Waals surface area contributed by atoms with E-state index in [9.17, 15) is 0 Å². The fourth-order valence-electron chi connectivity index (χ4n) is 3.20. The highest BCUT2D eigenvalue weighted by atomic mass is 15.1. The maximum Gasteiger partial charge on any atom is 0.113 e. The lowest BCUT2D eigenvalue weighted by atomic mass is 10.1. The Balaban J connectivity index is 2.20. The molecule has 0 N–H and O–H groups in total. The lowest BCUT2D eigenvalue weighted by Crippen LogP contribution is -2.09. The van der Waals surface area contributed by atoms with E-state index in [4.69, 9.17) is 10.2 Å². The summed E-state index contributed by atoms with van der Waals surface area (Å²) in [5, 5.41) is 9.01. The van der Waals surface area contributed by atoms with Crippen LogP contribution in [0.3, 0.4) is 0 Å². The number of hydrogen-bond donors (Lipinski definition) is 0. The van der Waals surface area contributed by atoms with Crippen molar-refractivity contribution in [2.45, 2.75) is 51.5 Å². The molecule has 1 heterocycles. The van der Waals surface area contributed by atoms with Crippen LogP contribution in [0.4, 0.5) is 0 Å². The molecule has 0 saturated heterocycles. The number of nitriles is 1. The Hall–Kier alpha value is -1.82. The van der Waals surface area contributed by atoms with E-state index in [-0.39, 0.29) is 0 Å². The van der Waals surface area contributed by atoms with Gasteiger partial charge in [0.1, 0.15) is 5.82 Å². The molecule has 0 spiro atoms. The number of benzene rings is 1. The largest absolute Gasteiger partial charge is 0.325 e. The van der Waals surface area contributed by atoms with Crippen molar-refractivity contribution in [3.63, 3.8) is 0 Å². The Bertz CT molecular complexity index is 640. The van der Waals surface area contributed by atoms with Crippen molar-refractivity contribution < 1.29 is 0 Å². The summed E-state index contributed by atoms with van der Waals surface area (Å²) in [6, 6.07) is 8.45. The first-order chi connectivity index (χ1) is 9.20. The molecule has 1 saturated carbocycles. The van der Waals surface area contributed by atoms with Gasteiger partial charge in [-0.05, 0) is 44.9 Å². The minimum Gasteiger partial charge on any atom is -0.325 e. The molecule has 0 amide bonds. The number of fused-ring (bicyclic) bond motifs is 1. The van der Waals surface area contributed by atoms with Crippen LogP contribution in [-0.2, 0) is 0 Å². The predicted octanol–water partition coefficient (Wildman–Crippen LogP) is 4.15. The summed E-state index contributed by atoms with van der Waals surface area (Å²) in [7, 11) is 0. The van der Waals surface area contributed by atoms with Crippen molar-refractivity contribution in [3.8, 4) is 6.07 Å². The quantitative estimate of drug-likeness (QED) is 0.806. The van der Waals surface area contributed by atoms with E-state index in [1.165, 1.54) is 31.5 Å². The van der Waals surface area contributed by atoms with Gasteiger partial charge in [0.15, 0.2) is 0 Å². The van der Waals surface area contributed by atoms with Crippen LogP contribution in [0.5, 0.6) is 0 Å². The average Bonchev–Trinajstić information content (AvgIpc) is 3.04. The van der Waals surface area contributed by atoms with Gasteiger partial charge in [-0.25, -0.2) is 4.98 Å². The Morgan fingerprint density at radius 2 is 2.05 bits per heavy atom. The number of aromatic nitrogens is 2. The van der Waals surface area contributed by atoms with E-state index < -0.39 is 0 Å². The zero-order chi connectivity index (χ0) is 13.4. The predicted molar refractivity (Wildman–Crippen MR) is 76.0 cm³/mol. The maximum absolute atomic E-state index is 9.01. The van der Waals surface area contributed by atoms with Crippen molar-refractivity contribution >= 4 is 11.0 Å². The van der Waals surface area contributed by atoms with Gasteiger partial charge in [-0.2, -0.15) is 5.26 Å². The molecule has 1 aliphatic rings. The highest BCUT2D eigenvalue weighted by Crippen LogP contribution is 2.36. The molecule has 0 bridgehead atoms. The van der Waals surface area contributed by atoms with E-state index in [0.29, 0.717) is 17.5 Å². The Morgan fingerprint density at radius 1 is 1.32 bits per heavy atom. The van der Waals surface area contributed by atoms with Gasteiger partial charge in [0, 0.05) is 12.0 Å². The maximum atomic E-state index is 9.01. The molecule has 3 heteroatoms. The second-order valence-electron chi connectivity index (χ2n) is 5.73. The molecule has 1 aromatic carbocycles. The highest BCUT2D eigenvalue weighted by molar-refractivity contribution is 5.78. The van der Waals surface area contributed by atoms with Gasteiger partial charge < -0.3 is 4.57 Å². The monoisotopic (exact) mass is 253 g/mol. The molecule has 0 unspecified atom stereocenters. The van der Waals surface area contributed by atoms with Gasteiger partial charge in [0.05, 0.1) is 22.7 Å². The molecule has 3 rings (SSSR count).